The molecule has 0 bridgehead atoms. The second kappa shape index (κ2) is 6.91. The van der Waals surface area contributed by atoms with Crippen molar-refractivity contribution >= 4 is 17.5 Å². The number of carbonyl (C=O) groups excluding carboxylic acids is 2. The minimum absolute atomic E-state index is 0.00279. The van der Waals surface area contributed by atoms with E-state index in [1.54, 1.807) is 36.9 Å². The topological polar surface area (TPSA) is 110 Å². The first-order valence-corrected chi connectivity index (χ1v) is 8.03. The SMILES string of the molecule is COc1ccc2c(c1)NC(=O)C2CC(=O)NCc1cc(=O)c(O)cn1C. The van der Waals surface area contributed by atoms with Crippen molar-refractivity contribution in [3.8, 4) is 11.5 Å². The summed E-state index contributed by atoms with van der Waals surface area (Å²) in [6.07, 6.45) is 1.29. The third-order valence-corrected chi connectivity index (χ3v) is 4.39. The number of hydrogen-bond acceptors (Lipinski definition) is 5. The summed E-state index contributed by atoms with van der Waals surface area (Å²) in [5.74, 6) is -0.839. The first-order valence-electron chi connectivity index (χ1n) is 8.03. The fourth-order valence-electron chi connectivity index (χ4n) is 2.92. The molecule has 2 aromatic rings. The Balaban J connectivity index is 1.67. The fraction of sp³-hybridized carbons (Fsp3) is 0.278. The van der Waals surface area contributed by atoms with Gasteiger partial charge >= 0.3 is 0 Å². The standard InChI is InChI=1S/C18H19N3O5/c1-21-9-16(23)15(22)5-10(21)8-19-17(24)7-13-12-4-3-11(26-2)6-14(12)20-18(13)25/h3-6,9,13,23H,7-8H2,1-2H3,(H,19,24)(H,20,25). The van der Waals surface area contributed by atoms with Crippen LogP contribution in [-0.4, -0.2) is 28.6 Å². The van der Waals surface area contributed by atoms with Gasteiger partial charge in [0.1, 0.15) is 5.75 Å². The molecule has 0 radical (unpaired) electrons. The lowest BCUT2D eigenvalue weighted by molar-refractivity contribution is -0.125. The van der Waals surface area contributed by atoms with Crippen molar-refractivity contribution in [3.05, 3.63) is 51.9 Å². The Kier molecular flexibility index (Phi) is 4.66. The van der Waals surface area contributed by atoms with Crippen LogP contribution in [0.4, 0.5) is 5.69 Å². The molecule has 2 heterocycles. The van der Waals surface area contributed by atoms with E-state index >= 15 is 0 Å². The van der Waals surface area contributed by atoms with E-state index < -0.39 is 11.3 Å². The fourth-order valence-corrected chi connectivity index (χ4v) is 2.92. The van der Waals surface area contributed by atoms with Crippen LogP contribution in [0.15, 0.2) is 35.3 Å². The van der Waals surface area contributed by atoms with E-state index in [2.05, 4.69) is 10.6 Å². The normalized spacial score (nSPS) is 15.3. The number of benzene rings is 1. The molecule has 136 valence electrons. The number of fused-ring (bicyclic) bond motifs is 1. The van der Waals surface area contributed by atoms with E-state index in [1.165, 1.54) is 12.3 Å². The lowest BCUT2D eigenvalue weighted by atomic mass is 9.97. The largest absolute Gasteiger partial charge is 0.503 e. The first kappa shape index (κ1) is 17.5. The highest BCUT2D eigenvalue weighted by Crippen LogP contribution is 2.36. The Morgan fingerprint density at radius 1 is 1.35 bits per heavy atom. The molecule has 0 spiro atoms. The predicted molar refractivity (Wildman–Crippen MR) is 94.2 cm³/mol. The second-order valence-electron chi connectivity index (χ2n) is 6.10. The third kappa shape index (κ3) is 3.39. The smallest absolute Gasteiger partial charge is 0.232 e. The number of hydrogen-bond donors (Lipinski definition) is 3. The summed E-state index contributed by atoms with van der Waals surface area (Å²) in [5, 5.41) is 14.8. The van der Waals surface area contributed by atoms with Crippen molar-refractivity contribution in [2.24, 2.45) is 7.05 Å². The van der Waals surface area contributed by atoms with Gasteiger partial charge in [0.2, 0.25) is 17.2 Å². The van der Waals surface area contributed by atoms with E-state index in [1.807, 2.05) is 0 Å². The number of aromatic hydroxyl groups is 1. The van der Waals surface area contributed by atoms with Crippen LogP contribution >= 0.6 is 0 Å². The number of carbonyl (C=O) groups is 2. The molecule has 26 heavy (non-hydrogen) atoms. The number of methoxy groups -OCH3 is 1. The molecule has 8 nitrogen and oxygen atoms in total. The van der Waals surface area contributed by atoms with Crippen LogP contribution in [0.25, 0.3) is 0 Å². The van der Waals surface area contributed by atoms with E-state index in [4.69, 9.17) is 4.74 Å². The zero-order valence-corrected chi connectivity index (χ0v) is 14.4. The van der Waals surface area contributed by atoms with Crippen LogP contribution in [0, 0.1) is 0 Å². The summed E-state index contributed by atoms with van der Waals surface area (Å²) in [6, 6.07) is 6.50. The highest BCUT2D eigenvalue weighted by atomic mass is 16.5. The lowest BCUT2D eigenvalue weighted by Gasteiger charge is -2.12. The summed E-state index contributed by atoms with van der Waals surface area (Å²) in [7, 11) is 3.20. The van der Waals surface area contributed by atoms with Gasteiger partial charge in [-0.25, -0.2) is 0 Å². The van der Waals surface area contributed by atoms with Gasteiger partial charge in [-0.15, -0.1) is 0 Å². The quantitative estimate of drug-likeness (QED) is 0.735. The molecule has 1 aromatic carbocycles. The van der Waals surface area contributed by atoms with Crippen LogP contribution in [0.5, 0.6) is 11.5 Å². The molecule has 0 aliphatic carbocycles. The third-order valence-electron chi connectivity index (χ3n) is 4.39. The molecule has 0 fully saturated rings. The molecule has 1 unspecified atom stereocenters. The van der Waals surface area contributed by atoms with Crippen LogP contribution in [0.2, 0.25) is 0 Å². The number of pyridine rings is 1. The van der Waals surface area contributed by atoms with Crippen molar-refractivity contribution in [3.63, 3.8) is 0 Å². The molecular weight excluding hydrogens is 338 g/mol. The monoisotopic (exact) mass is 357 g/mol. The van der Waals surface area contributed by atoms with Gasteiger partial charge in [-0.05, 0) is 11.6 Å². The molecule has 0 saturated carbocycles. The van der Waals surface area contributed by atoms with E-state index in [9.17, 15) is 19.5 Å². The molecule has 1 aromatic heterocycles. The Morgan fingerprint density at radius 2 is 2.12 bits per heavy atom. The van der Waals surface area contributed by atoms with Crippen molar-refractivity contribution in [1.82, 2.24) is 9.88 Å². The number of nitrogens with zero attached hydrogens (tertiary/aromatic N) is 1. The Hall–Kier alpha value is -3.29. The Morgan fingerprint density at radius 3 is 2.85 bits per heavy atom. The van der Waals surface area contributed by atoms with Crippen molar-refractivity contribution < 1.29 is 19.4 Å². The number of aryl methyl sites for hydroxylation is 1. The summed E-state index contributed by atoms with van der Waals surface area (Å²) < 4.78 is 6.69. The molecule has 8 heteroatoms. The maximum atomic E-state index is 12.3. The molecular formula is C18H19N3O5. The minimum atomic E-state index is -0.570. The molecule has 0 saturated heterocycles. The van der Waals surface area contributed by atoms with Gasteiger partial charge in [-0.3, -0.25) is 14.4 Å². The summed E-state index contributed by atoms with van der Waals surface area (Å²) in [4.78, 5) is 35.9. The maximum absolute atomic E-state index is 12.3. The second-order valence-corrected chi connectivity index (χ2v) is 6.10. The van der Waals surface area contributed by atoms with Gasteiger partial charge in [-0.2, -0.15) is 0 Å². The lowest BCUT2D eigenvalue weighted by Crippen LogP contribution is -2.28. The van der Waals surface area contributed by atoms with Crippen LogP contribution in [-0.2, 0) is 23.2 Å². The molecule has 3 N–H and O–H groups in total. The van der Waals surface area contributed by atoms with Crippen molar-refractivity contribution in [2.45, 2.75) is 18.9 Å². The van der Waals surface area contributed by atoms with Gasteiger partial charge in [0, 0.05) is 43.2 Å². The number of nitrogens with one attached hydrogen (secondary N) is 2. The van der Waals surface area contributed by atoms with E-state index in [0.717, 1.165) is 5.56 Å². The van der Waals surface area contributed by atoms with E-state index in [0.29, 0.717) is 17.1 Å². The number of aromatic nitrogens is 1. The van der Waals surface area contributed by atoms with Gasteiger partial charge < -0.3 is 25.0 Å². The molecule has 1 aliphatic rings. The number of amides is 2. The van der Waals surface area contributed by atoms with Gasteiger partial charge in [0.25, 0.3) is 0 Å². The summed E-state index contributed by atoms with van der Waals surface area (Å²) in [6.45, 7) is 0.120. The molecule has 2 amide bonds. The highest BCUT2D eigenvalue weighted by Gasteiger charge is 2.32. The summed E-state index contributed by atoms with van der Waals surface area (Å²) >= 11 is 0. The first-order chi connectivity index (χ1) is 12.4. The maximum Gasteiger partial charge on any atom is 0.232 e. The van der Waals surface area contributed by atoms with Gasteiger partial charge in [-0.1, -0.05) is 6.07 Å². The minimum Gasteiger partial charge on any atom is -0.503 e. The Labute approximate surface area is 149 Å². The zero-order valence-electron chi connectivity index (χ0n) is 14.4. The van der Waals surface area contributed by atoms with Crippen LogP contribution in [0.1, 0.15) is 23.6 Å². The van der Waals surface area contributed by atoms with Crippen molar-refractivity contribution in [2.75, 3.05) is 12.4 Å². The van der Waals surface area contributed by atoms with Crippen molar-refractivity contribution in [1.29, 1.82) is 0 Å². The predicted octanol–water partition coefficient (Wildman–Crippen LogP) is 0.842. The number of rotatable bonds is 5. The highest BCUT2D eigenvalue weighted by molar-refractivity contribution is 6.05. The average Bonchev–Trinajstić information content (AvgIpc) is 2.91. The Bertz CT molecular complexity index is 935. The van der Waals surface area contributed by atoms with Crippen LogP contribution in [0.3, 0.4) is 0 Å². The molecule has 1 aliphatic heterocycles. The average molecular weight is 357 g/mol. The van der Waals surface area contributed by atoms with Crippen LogP contribution < -0.4 is 20.8 Å². The summed E-state index contributed by atoms with van der Waals surface area (Å²) in [5.41, 5.74) is 1.43. The molecule has 1 atom stereocenters. The number of ether oxygens (including phenoxy) is 1. The zero-order chi connectivity index (χ0) is 18.8. The number of anilines is 1. The van der Waals surface area contributed by atoms with Gasteiger partial charge in [0.15, 0.2) is 5.75 Å². The van der Waals surface area contributed by atoms with E-state index in [-0.39, 0.29) is 30.5 Å². The van der Waals surface area contributed by atoms with Gasteiger partial charge in [0.05, 0.1) is 19.6 Å². The molecule has 3 rings (SSSR count).